The lowest BCUT2D eigenvalue weighted by molar-refractivity contribution is 0.178. The van der Waals surface area contributed by atoms with E-state index in [1.165, 1.54) is 11.1 Å². The SMILES string of the molecule is CC(O)CN(CC(C)O)c1ccc(Cc2ccc(N(CC(C)O)C(C)CO)cc2)cc1. The monoisotopic (exact) mass is 430 g/mol. The molecule has 2 rings (SSSR count). The van der Waals surface area contributed by atoms with Crippen LogP contribution in [0.2, 0.25) is 0 Å². The molecule has 4 N–H and O–H groups in total. The normalized spacial score (nSPS) is 15.2. The standard InChI is InChI=1S/C25H38N2O4/c1-18(17-28)27(16-21(4)31)25-11-7-23(8-12-25)13-22-5-9-24(10-6-22)26(14-19(2)29)15-20(3)30/h5-12,18-21,28-31H,13-17H2,1-4H3. The van der Waals surface area contributed by atoms with Crippen LogP contribution in [0.25, 0.3) is 0 Å². The van der Waals surface area contributed by atoms with Crippen molar-refractivity contribution in [3.05, 3.63) is 59.7 Å². The second-order valence-electron chi connectivity index (χ2n) is 8.65. The van der Waals surface area contributed by atoms with Crippen molar-refractivity contribution < 1.29 is 20.4 Å². The number of nitrogens with zero attached hydrogens (tertiary/aromatic N) is 2. The molecule has 2 aromatic rings. The van der Waals surface area contributed by atoms with Crippen LogP contribution in [0.4, 0.5) is 11.4 Å². The van der Waals surface area contributed by atoms with Crippen molar-refractivity contribution in [1.29, 1.82) is 0 Å². The highest BCUT2D eigenvalue weighted by Gasteiger charge is 2.16. The van der Waals surface area contributed by atoms with Gasteiger partial charge in [0.2, 0.25) is 0 Å². The summed E-state index contributed by atoms with van der Waals surface area (Å²) >= 11 is 0. The van der Waals surface area contributed by atoms with Crippen LogP contribution in [0.15, 0.2) is 48.5 Å². The van der Waals surface area contributed by atoms with Gasteiger partial charge in [0, 0.05) is 37.1 Å². The summed E-state index contributed by atoms with van der Waals surface area (Å²) in [5.41, 5.74) is 4.31. The van der Waals surface area contributed by atoms with Gasteiger partial charge >= 0.3 is 0 Å². The Labute approximate surface area is 186 Å². The lowest BCUT2D eigenvalue weighted by atomic mass is 10.0. The summed E-state index contributed by atoms with van der Waals surface area (Å²) in [6.07, 6.45) is -0.633. The minimum Gasteiger partial charge on any atom is -0.394 e. The average Bonchev–Trinajstić information content (AvgIpc) is 2.71. The lowest BCUT2D eigenvalue weighted by Crippen LogP contribution is -2.40. The summed E-state index contributed by atoms with van der Waals surface area (Å²) in [7, 11) is 0. The Hall–Kier alpha value is -2.12. The summed E-state index contributed by atoms with van der Waals surface area (Å²) in [5, 5.41) is 38.8. The van der Waals surface area contributed by atoms with Crippen molar-refractivity contribution in [3.8, 4) is 0 Å². The maximum absolute atomic E-state index is 9.78. The predicted octanol–water partition coefficient (Wildman–Crippen LogP) is 2.41. The molecule has 0 saturated heterocycles. The molecule has 4 unspecified atom stereocenters. The van der Waals surface area contributed by atoms with Crippen molar-refractivity contribution in [2.75, 3.05) is 36.0 Å². The van der Waals surface area contributed by atoms with Gasteiger partial charge in [-0.05, 0) is 69.5 Å². The molecule has 0 radical (unpaired) electrons. The summed E-state index contributed by atoms with van der Waals surface area (Å²) < 4.78 is 0. The molecule has 0 heterocycles. The molecule has 0 fully saturated rings. The molecule has 0 aliphatic heterocycles. The first-order valence-corrected chi connectivity index (χ1v) is 11.0. The van der Waals surface area contributed by atoms with Crippen molar-refractivity contribution in [1.82, 2.24) is 0 Å². The zero-order valence-corrected chi connectivity index (χ0v) is 19.1. The predicted molar refractivity (Wildman–Crippen MR) is 127 cm³/mol. The molecule has 4 atom stereocenters. The van der Waals surface area contributed by atoms with Gasteiger partial charge in [0.15, 0.2) is 0 Å². The molecule has 0 aliphatic rings. The van der Waals surface area contributed by atoms with E-state index in [0.717, 1.165) is 17.8 Å². The van der Waals surface area contributed by atoms with Gasteiger partial charge in [-0.25, -0.2) is 0 Å². The first kappa shape index (κ1) is 25.1. The van der Waals surface area contributed by atoms with Crippen LogP contribution < -0.4 is 9.80 Å². The maximum atomic E-state index is 9.78. The maximum Gasteiger partial charge on any atom is 0.0687 e. The molecule has 31 heavy (non-hydrogen) atoms. The van der Waals surface area contributed by atoms with E-state index in [4.69, 9.17) is 0 Å². The van der Waals surface area contributed by atoms with Gasteiger partial charge in [0.25, 0.3) is 0 Å². The number of hydrogen-bond acceptors (Lipinski definition) is 6. The zero-order chi connectivity index (χ0) is 23.0. The van der Waals surface area contributed by atoms with E-state index >= 15 is 0 Å². The average molecular weight is 431 g/mol. The van der Waals surface area contributed by atoms with E-state index in [1.807, 2.05) is 41.0 Å². The molecule has 0 bridgehead atoms. The van der Waals surface area contributed by atoms with Crippen molar-refractivity contribution in [2.24, 2.45) is 0 Å². The van der Waals surface area contributed by atoms with E-state index in [2.05, 4.69) is 24.3 Å². The third kappa shape index (κ3) is 8.15. The Bertz CT molecular complexity index is 750. The number of rotatable bonds is 12. The molecule has 6 nitrogen and oxygen atoms in total. The number of aliphatic hydroxyl groups excluding tert-OH is 4. The largest absolute Gasteiger partial charge is 0.394 e. The third-order valence-corrected chi connectivity index (χ3v) is 5.20. The van der Waals surface area contributed by atoms with Crippen molar-refractivity contribution >= 4 is 11.4 Å². The highest BCUT2D eigenvalue weighted by atomic mass is 16.3. The fourth-order valence-corrected chi connectivity index (χ4v) is 3.71. The van der Waals surface area contributed by atoms with Crippen LogP contribution in [0.5, 0.6) is 0 Å². The molecule has 0 aliphatic carbocycles. The highest BCUT2D eigenvalue weighted by molar-refractivity contribution is 5.51. The van der Waals surface area contributed by atoms with Crippen LogP contribution in [-0.2, 0) is 6.42 Å². The van der Waals surface area contributed by atoms with E-state index in [-0.39, 0.29) is 12.6 Å². The second-order valence-corrected chi connectivity index (χ2v) is 8.65. The molecular formula is C25H38N2O4. The fourth-order valence-electron chi connectivity index (χ4n) is 3.71. The third-order valence-electron chi connectivity index (χ3n) is 5.20. The van der Waals surface area contributed by atoms with Gasteiger partial charge < -0.3 is 30.2 Å². The molecule has 6 heteroatoms. The highest BCUT2D eigenvalue weighted by Crippen LogP contribution is 2.22. The van der Waals surface area contributed by atoms with Crippen LogP contribution in [0.3, 0.4) is 0 Å². The first-order chi connectivity index (χ1) is 14.7. The molecule has 0 spiro atoms. The van der Waals surface area contributed by atoms with Gasteiger partial charge in [-0.3, -0.25) is 0 Å². The Balaban J connectivity index is 2.09. The number of hydrogen-bond donors (Lipinski definition) is 4. The van der Waals surface area contributed by atoms with Gasteiger partial charge in [0.05, 0.1) is 24.9 Å². The van der Waals surface area contributed by atoms with Crippen LogP contribution in [0, 0.1) is 0 Å². The minimum atomic E-state index is -0.477. The molecule has 0 saturated carbocycles. The Morgan fingerprint density at radius 3 is 1.45 bits per heavy atom. The summed E-state index contributed by atoms with van der Waals surface area (Å²) in [5.74, 6) is 0. The molecule has 0 aromatic heterocycles. The second kappa shape index (κ2) is 12.1. The number of aliphatic hydroxyl groups is 4. The number of benzene rings is 2. The van der Waals surface area contributed by atoms with Crippen molar-refractivity contribution in [2.45, 2.75) is 58.5 Å². The van der Waals surface area contributed by atoms with E-state index < -0.39 is 18.3 Å². The zero-order valence-electron chi connectivity index (χ0n) is 19.1. The van der Waals surface area contributed by atoms with Crippen molar-refractivity contribution in [3.63, 3.8) is 0 Å². The molecular weight excluding hydrogens is 392 g/mol. The Morgan fingerprint density at radius 1 is 0.645 bits per heavy atom. The van der Waals surface area contributed by atoms with E-state index in [1.54, 1.807) is 20.8 Å². The minimum absolute atomic E-state index is 0.0297. The first-order valence-electron chi connectivity index (χ1n) is 11.0. The van der Waals surface area contributed by atoms with Gasteiger partial charge in [0.1, 0.15) is 0 Å². The molecule has 172 valence electrons. The molecule has 0 amide bonds. The van der Waals surface area contributed by atoms with Crippen LogP contribution in [0.1, 0.15) is 38.8 Å². The van der Waals surface area contributed by atoms with E-state index in [9.17, 15) is 20.4 Å². The summed E-state index contributed by atoms with van der Waals surface area (Å²) in [4.78, 5) is 4.01. The lowest BCUT2D eigenvalue weighted by Gasteiger charge is -2.31. The fraction of sp³-hybridized carbons (Fsp3) is 0.520. The quantitative estimate of drug-likeness (QED) is 0.414. The van der Waals surface area contributed by atoms with E-state index in [0.29, 0.717) is 19.6 Å². The van der Waals surface area contributed by atoms with Crippen LogP contribution >= 0.6 is 0 Å². The smallest absolute Gasteiger partial charge is 0.0687 e. The van der Waals surface area contributed by atoms with Crippen LogP contribution in [-0.4, -0.2) is 71.0 Å². The Morgan fingerprint density at radius 2 is 1.06 bits per heavy atom. The topological polar surface area (TPSA) is 87.4 Å². The van der Waals surface area contributed by atoms with Gasteiger partial charge in [-0.2, -0.15) is 0 Å². The molecule has 2 aromatic carbocycles. The number of anilines is 2. The van der Waals surface area contributed by atoms with Gasteiger partial charge in [-0.15, -0.1) is 0 Å². The summed E-state index contributed by atoms with van der Waals surface area (Å²) in [6, 6.07) is 16.4. The van der Waals surface area contributed by atoms with Gasteiger partial charge in [-0.1, -0.05) is 24.3 Å². The Kier molecular flexibility index (Phi) is 9.78. The summed E-state index contributed by atoms with van der Waals surface area (Å²) in [6.45, 7) is 8.63.